The van der Waals surface area contributed by atoms with Gasteiger partial charge < -0.3 is 5.11 Å². The predicted octanol–water partition coefficient (Wildman–Crippen LogP) is 0.320. The van der Waals surface area contributed by atoms with Crippen LogP contribution in [0, 0.1) is 5.92 Å². The van der Waals surface area contributed by atoms with Crippen LogP contribution < -0.4 is 0 Å². The van der Waals surface area contributed by atoms with Crippen LogP contribution >= 0.6 is 0 Å². The van der Waals surface area contributed by atoms with Gasteiger partial charge in [0.15, 0.2) is 0 Å². The van der Waals surface area contributed by atoms with Gasteiger partial charge >= 0.3 is 5.97 Å². The molecule has 0 aromatic heterocycles. The Labute approximate surface area is 112 Å². The van der Waals surface area contributed by atoms with E-state index in [0.29, 0.717) is 45.3 Å². The van der Waals surface area contributed by atoms with Crippen LogP contribution in [0.3, 0.4) is 0 Å². The van der Waals surface area contributed by atoms with Crippen molar-refractivity contribution in [2.45, 2.75) is 38.6 Å². The highest BCUT2D eigenvalue weighted by atomic mass is 16.4. The third-order valence-electron chi connectivity index (χ3n) is 4.13. The molecule has 0 aliphatic carbocycles. The summed E-state index contributed by atoms with van der Waals surface area (Å²) < 4.78 is 0. The van der Waals surface area contributed by atoms with Gasteiger partial charge in [-0.3, -0.25) is 24.2 Å². The Morgan fingerprint density at radius 2 is 1.89 bits per heavy atom. The van der Waals surface area contributed by atoms with Gasteiger partial charge in [-0.05, 0) is 26.3 Å². The lowest BCUT2D eigenvalue weighted by Crippen LogP contribution is -2.46. The van der Waals surface area contributed by atoms with Crippen molar-refractivity contribution in [3.63, 3.8) is 0 Å². The van der Waals surface area contributed by atoms with E-state index in [1.807, 2.05) is 6.92 Å². The van der Waals surface area contributed by atoms with Gasteiger partial charge in [-0.25, -0.2) is 0 Å². The summed E-state index contributed by atoms with van der Waals surface area (Å²) in [5, 5.41) is 9.00. The summed E-state index contributed by atoms with van der Waals surface area (Å²) in [6.07, 6.45) is 1.93. The number of nitrogens with zero attached hydrogens (tertiary/aromatic N) is 2. The second-order valence-electron chi connectivity index (χ2n) is 5.38. The fraction of sp³-hybridized carbons (Fsp3) is 0.769. The topological polar surface area (TPSA) is 77.9 Å². The Kier molecular flexibility index (Phi) is 4.19. The van der Waals surface area contributed by atoms with Crippen LogP contribution in [0.15, 0.2) is 0 Å². The Balaban J connectivity index is 1.82. The predicted molar refractivity (Wildman–Crippen MR) is 67.3 cm³/mol. The maximum atomic E-state index is 11.5. The Morgan fingerprint density at radius 1 is 1.26 bits per heavy atom. The summed E-state index contributed by atoms with van der Waals surface area (Å²) in [6.45, 7) is 3.79. The molecule has 0 spiro atoms. The number of amides is 2. The Bertz CT molecular complexity index is 380. The van der Waals surface area contributed by atoms with E-state index in [1.54, 1.807) is 0 Å². The fourth-order valence-corrected chi connectivity index (χ4v) is 2.88. The molecule has 2 unspecified atom stereocenters. The van der Waals surface area contributed by atoms with Crippen molar-refractivity contribution in [1.29, 1.82) is 0 Å². The average molecular weight is 268 g/mol. The molecule has 19 heavy (non-hydrogen) atoms. The zero-order valence-electron chi connectivity index (χ0n) is 11.2. The first-order valence-corrected chi connectivity index (χ1v) is 6.79. The highest BCUT2D eigenvalue weighted by molar-refractivity contribution is 6.01. The molecule has 0 saturated carbocycles. The number of piperidine rings is 1. The third kappa shape index (κ3) is 3.12. The molecule has 2 aliphatic rings. The first kappa shape index (κ1) is 14.0. The van der Waals surface area contributed by atoms with Crippen LogP contribution in [0.4, 0.5) is 0 Å². The quantitative estimate of drug-likeness (QED) is 0.743. The third-order valence-corrected chi connectivity index (χ3v) is 4.13. The smallest absolute Gasteiger partial charge is 0.306 e. The number of carbonyl (C=O) groups is 3. The maximum absolute atomic E-state index is 11.5. The molecule has 6 heteroatoms. The molecule has 0 bridgehead atoms. The molecule has 0 radical (unpaired) electrons. The van der Waals surface area contributed by atoms with Crippen LogP contribution in [-0.4, -0.2) is 58.4 Å². The molecule has 2 amide bonds. The lowest BCUT2D eigenvalue weighted by molar-refractivity contribution is -0.144. The number of likely N-dealkylation sites (tertiary alicyclic amines) is 2. The molecular weight excluding hydrogens is 248 g/mol. The molecule has 2 saturated heterocycles. The van der Waals surface area contributed by atoms with E-state index in [9.17, 15) is 14.4 Å². The van der Waals surface area contributed by atoms with E-state index in [1.165, 1.54) is 4.90 Å². The van der Waals surface area contributed by atoms with E-state index < -0.39 is 5.97 Å². The van der Waals surface area contributed by atoms with Crippen molar-refractivity contribution in [3.05, 3.63) is 0 Å². The van der Waals surface area contributed by atoms with Crippen molar-refractivity contribution in [1.82, 2.24) is 9.80 Å². The lowest BCUT2D eigenvalue weighted by atomic mass is 9.92. The molecule has 2 fully saturated rings. The van der Waals surface area contributed by atoms with Crippen LogP contribution in [0.1, 0.15) is 32.6 Å². The number of carboxylic acid groups (broad SMARTS) is 1. The summed E-state index contributed by atoms with van der Waals surface area (Å²) in [5.41, 5.74) is 0. The average Bonchev–Trinajstić information content (AvgIpc) is 2.68. The van der Waals surface area contributed by atoms with Gasteiger partial charge in [0.05, 0.1) is 5.92 Å². The SMILES string of the molecule is CC1CC(C(=O)O)CCN1CCN1C(=O)CCC1=O. The summed E-state index contributed by atoms with van der Waals surface area (Å²) in [7, 11) is 0. The molecule has 2 atom stereocenters. The Morgan fingerprint density at radius 3 is 2.42 bits per heavy atom. The van der Waals surface area contributed by atoms with Crippen LogP contribution in [0.5, 0.6) is 0 Å². The minimum atomic E-state index is -0.726. The van der Waals surface area contributed by atoms with Gasteiger partial charge in [0.25, 0.3) is 0 Å². The number of rotatable bonds is 4. The van der Waals surface area contributed by atoms with E-state index >= 15 is 0 Å². The molecular formula is C13H20N2O4. The minimum Gasteiger partial charge on any atom is -0.481 e. The number of carbonyl (C=O) groups excluding carboxylic acids is 2. The number of aliphatic carboxylic acids is 1. The molecule has 2 aliphatic heterocycles. The normalized spacial score (nSPS) is 29.0. The fourth-order valence-electron chi connectivity index (χ4n) is 2.88. The number of carboxylic acids is 1. The van der Waals surface area contributed by atoms with Crippen molar-refractivity contribution < 1.29 is 19.5 Å². The zero-order chi connectivity index (χ0) is 14.0. The van der Waals surface area contributed by atoms with Gasteiger partial charge in [-0.15, -0.1) is 0 Å². The van der Waals surface area contributed by atoms with Crippen molar-refractivity contribution in [2.75, 3.05) is 19.6 Å². The van der Waals surface area contributed by atoms with Gasteiger partial charge in [-0.2, -0.15) is 0 Å². The molecule has 0 aromatic carbocycles. The number of imide groups is 1. The van der Waals surface area contributed by atoms with Crippen LogP contribution in [-0.2, 0) is 14.4 Å². The van der Waals surface area contributed by atoms with Gasteiger partial charge in [-0.1, -0.05) is 0 Å². The highest BCUT2D eigenvalue weighted by Gasteiger charge is 2.32. The Hall–Kier alpha value is -1.43. The number of hydrogen-bond donors (Lipinski definition) is 1. The van der Waals surface area contributed by atoms with E-state index in [4.69, 9.17) is 5.11 Å². The first-order valence-electron chi connectivity index (χ1n) is 6.79. The molecule has 0 aromatic rings. The zero-order valence-corrected chi connectivity index (χ0v) is 11.2. The van der Waals surface area contributed by atoms with Crippen molar-refractivity contribution in [2.24, 2.45) is 5.92 Å². The summed E-state index contributed by atoms with van der Waals surface area (Å²) in [6, 6.07) is 0.183. The van der Waals surface area contributed by atoms with Crippen molar-refractivity contribution in [3.8, 4) is 0 Å². The van der Waals surface area contributed by atoms with E-state index in [0.717, 1.165) is 0 Å². The lowest BCUT2D eigenvalue weighted by Gasteiger charge is -2.36. The van der Waals surface area contributed by atoms with E-state index in [-0.39, 0.29) is 23.8 Å². The largest absolute Gasteiger partial charge is 0.481 e. The minimum absolute atomic E-state index is 0.0851. The van der Waals surface area contributed by atoms with E-state index in [2.05, 4.69) is 4.90 Å². The van der Waals surface area contributed by atoms with Gasteiger partial charge in [0, 0.05) is 32.0 Å². The van der Waals surface area contributed by atoms with Crippen LogP contribution in [0.25, 0.3) is 0 Å². The molecule has 1 N–H and O–H groups in total. The summed E-state index contributed by atoms with van der Waals surface area (Å²) in [5.74, 6) is -1.16. The molecule has 106 valence electrons. The highest BCUT2D eigenvalue weighted by Crippen LogP contribution is 2.23. The molecule has 2 rings (SSSR count). The van der Waals surface area contributed by atoms with Crippen LogP contribution in [0.2, 0.25) is 0 Å². The van der Waals surface area contributed by atoms with Crippen molar-refractivity contribution >= 4 is 17.8 Å². The second-order valence-corrected chi connectivity index (χ2v) is 5.38. The maximum Gasteiger partial charge on any atom is 0.306 e. The van der Waals surface area contributed by atoms with Gasteiger partial charge in [0.2, 0.25) is 11.8 Å². The molecule has 2 heterocycles. The summed E-state index contributed by atoms with van der Waals surface area (Å²) in [4.78, 5) is 37.4. The summed E-state index contributed by atoms with van der Waals surface area (Å²) >= 11 is 0. The molecule has 6 nitrogen and oxygen atoms in total. The van der Waals surface area contributed by atoms with Gasteiger partial charge in [0.1, 0.15) is 0 Å². The standard InChI is InChI=1S/C13H20N2O4/c1-9-8-10(13(18)19)4-5-14(9)6-7-15-11(16)2-3-12(15)17/h9-10H,2-8H2,1H3,(H,18,19). The number of hydrogen-bond acceptors (Lipinski definition) is 4. The monoisotopic (exact) mass is 268 g/mol. The first-order chi connectivity index (χ1) is 8.99. The second kappa shape index (κ2) is 5.69.